The van der Waals surface area contributed by atoms with Gasteiger partial charge in [-0.2, -0.15) is 17.0 Å². The van der Waals surface area contributed by atoms with Gasteiger partial charge in [0, 0.05) is 23.4 Å². The maximum absolute atomic E-state index is 8.62. The van der Waals surface area contributed by atoms with E-state index in [0.717, 1.165) is 41.7 Å². The van der Waals surface area contributed by atoms with Crippen LogP contribution in [0.1, 0.15) is 24.0 Å². The van der Waals surface area contributed by atoms with E-state index in [9.17, 15) is 0 Å². The van der Waals surface area contributed by atoms with Crippen molar-refractivity contribution in [3.63, 3.8) is 0 Å². The van der Waals surface area contributed by atoms with Crippen LogP contribution >= 0.6 is 23.1 Å². The van der Waals surface area contributed by atoms with E-state index in [1.807, 2.05) is 6.19 Å². The minimum atomic E-state index is 0.342. The Kier molecular flexibility index (Phi) is 10.7. The number of aliphatic imine (C=N–C) groups is 1. The third-order valence-corrected chi connectivity index (χ3v) is 4.62. The fraction of sp³-hybridized carbons (Fsp3) is 0.533. The summed E-state index contributed by atoms with van der Waals surface area (Å²) in [6.07, 6.45) is 8.13. The van der Waals surface area contributed by atoms with Crippen LogP contribution < -0.4 is 16.0 Å². The molecule has 0 aliphatic carbocycles. The normalized spacial score (nSPS) is 10.8. The molecule has 1 heterocycles. The van der Waals surface area contributed by atoms with E-state index in [1.165, 1.54) is 0 Å². The van der Waals surface area contributed by atoms with Crippen LogP contribution in [-0.4, -0.2) is 36.3 Å². The van der Waals surface area contributed by atoms with E-state index in [1.54, 1.807) is 23.1 Å². The van der Waals surface area contributed by atoms with Crippen molar-refractivity contribution in [1.29, 1.82) is 5.26 Å². The van der Waals surface area contributed by atoms with Crippen LogP contribution in [-0.2, 0) is 12.3 Å². The molecular formula is C15H22N6S2. The molecule has 1 aromatic rings. The summed E-state index contributed by atoms with van der Waals surface area (Å²) in [5.74, 6) is 4.60. The van der Waals surface area contributed by atoms with E-state index in [2.05, 4.69) is 44.2 Å². The van der Waals surface area contributed by atoms with Gasteiger partial charge in [0.25, 0.3) is 0 Å². The Hall–Kier alpha value is -1.74. The highest BCUT2D eigenvalue weighted by Crippen LogP contribution is 2.16. The van der Waals surface area contributed by atoms with Crippen LogP contribution in [0.4, 0.5) is 0 Å². The van der Waals surface area contributed by atoms with Crippen LogP contribution in [0.15, 0.2) is 10.4 Å². The van der Waals surface area contributed by atoms with Crippen molar-refractivity contribution in [3.05, 3.63) is 16.1 Å². The molecule has 3 N–H and O–H groups in total. The first-order valence-corrected chi connectivity index (χ1v) is 9.42. The fourth-order valence-electron chi connectivity index (χ4n) is 1.60. The highest BCUT2D eigenvalue weighted by Gasteiger charge is 2.02. The molecule has 0 atom stereocenters. The number of terminal acetylenes is 1. The second kappa shape index (κ2) is 12.8. The number of aromatic nitrogens is 1. The highest BCUT2D eigenvalue weighted by molar-refractivity contribution is 7.98. The number of nitrogens with zero attached hydrogens (tertiary/aromatic N) is 3. The summed E-state index contributed by atoms with van der Waals surface area (Å²) in [6, 6.07) is 0. The molecule has 0 bridgehead atoms. The molecule has 8 heteroatoms. The average Bonchev–Trinajstić information content (AvgIpc) is 3.00. The Balaban J connectivity index is 2.23. The number of guanidine groups is 1. The average molecular weight is 351 g/mol. The van der Waals surface area contributed by atoms with Crippen molar-refractivity contribution in [2.75, 3.05) is 25.4 Å². The molecule has 1 aromatic heterocycles. The van der Waals surface area contributed by atoms with E-state index in [4.69, 9.17) is 11.7 Å². The van der Waals surface area contributed by atoms with Crippen LogP contribution in [0.5, 0.6) is 0 Å². The zero-order valence-corrected chi connectivity index (χ0v) is 14.9. The molecule has 0 aromatic carbocycles. The van der Waals surface area contributed by atoms with Crippen molar-refractivity contribution < 1.29 is 0 Å². The minimum Gasteiger partial charge on any atom is -0.345 e. The Morgan fingerprint density at radius 3 is 3.17 bits per heavy atom. The molecular weight excluding hydrogens is 328 g/mol. The first kappa shape index (κ1) is 19.3. The van der Waals surface area contributed by atoms with Crippen molar-refractivity contribution in [2.45, 2.75) is 25.6 Å². The second-order valence-corrected chi connectivity index (χ2v) is 6.53. The number of thioether (sulfide) groups is 1. The molecule has 0 saturated carbocycles. The second-order valence-electron chi connectivity index (χ2n) is 4.49. The fourth-order valence-corrected chi connectivity index (χ4v) is 3.30. The Morgan fingerprint density at radius 1 is 1.57 bits per heavy atom. The number of nitrogens with one attached hydrogen (secondary N) is 3. The van der Waals surface area contributed by atoms with Gasteiger partial charge in [-0.3, -0.25) is 10.3 Å². The van der Waals surface area contributed by atoms with Crippen molar-refractivity contribution in [3.8, 4) is 18.5 Å². The van der Waals surface area contributed by atoms with Gasteiger partial charge < -0.3 is 10.6 Å². The molecule has 124 valence electrons. The summed E-state index contributed by atoms with van der Waals surface area (Å²) in [6.45, 7) is 4.96. The van der Waals surface area contributed by atoms with Crippen LogP contribution in [0, 0.1) is 23.8 Å². The topological polar surface area (TPSA) is 85.1 Å². The summed E-state index contributed by atoms with van der Waals surface area (Å²) in [7, 11) is 0. The summed E-state index contributed by atoms with van der Waals surface area (Å²) < 4.78 is 0. The maximum atomic E-state index is 8.62. The molecule has 0 spiro atoms. The predicted molar refractivity (Wildman–Crippen MR) is 98.2 cm³/mol. The summed E-state index contributed by atoms with van der Waals surface area (Å²) in [4.78, 5) is 8.86. The first-order chi connectivity index (χ1) is 11.3. The molecule has 0 unspecified atom stereocenters. The van der Waals surface area contributed by atoms with Crippen molar-refractivity contribution >= 4 is 29.1 Å². The number of nitriles is 1. The summed E-state index contributed by atoms with van der Waals surface area (Å²) >= 11 is 3.47. The Labute approximate surface area is 146 Å². The van der Waals surface area contributed by atoms with Gasteiger partial charge in [-0.1, -0.05) is 12.8 Å². The zero-order valence-electron chi connectivity index (χ0n) is 13.3. The number of hydrogen-bond donors (Lipinski definition) is 3. The molecule has 0 fully saturated rings. The third-order valence-electron chi connectivity index (χ3n) is 2.60. The van der Waals surface area contributed by atoms with Gasteiger partial charge in [-0.25, -0.2) is 4.98 Å². The smallest absolute Gasteiger partial charge is 0.205 e. The van der Waals surface area contributed by atoms with Gasteiger partial charge in [-0.15, -0.1) is 17.8 Å². The Bertz CT molecular complexity index is 555. The molecule has 23 heavy (non-hydrogen) atoms. The highest BCUT2D eigenvalue weighted by atomic mass is 32.2. The molecule has 0 saturated heterocycles. The SMILES string of the molecule is C#CCNC(=NCCSCc1nc(CNCCC)cs1)NC#N. The van der Waals surface area contributed by atoms with Crippen molar-refractivity contribution in [1.82, 2.24) is 20.9 Å². The number of thiazole rings is 1. The molecule has 1 rings (SSSR count). The Morgan fingerprint density at radius 2 is 2.43 bits per heavy atom. The van der Waals surface area contributed by atoms with Crippen LogP contribution in [0.3, 0.4) is 0 Å². The molecule has 6 nitrogen and oxygen atoms in total. The van der Waals surface area contributed by atoms with E-state index >= 15 is 0 Å². The lowest BCUT2D eigenvalue weighted by Gasteiger charge is -2.04. The zero-order chi connectivity index (χ0) is 16.8. The first-order valence-electron chi connectivity index (χ1n) is 7.38. The largest absolute Gasteiger partial charge is 0.345 e. The summed E-state index contributed by atoms with van der Waals surface area (Å²) in [5, 5.41) is 20.5. The van der Waals surface area contributed by atoms with Gasteiger partial charge in [-0.05, 0) is 13.0 Å². The van der Waals surface area contributed by atoms with E-state index < -0.39 is 0 Å². The summed E-state index contributed by atoms with van der Waals surface area (Å²) in [5.41, 5.74) is 1.11. The lowest BCUT2D eigenvalue weighted by molar-refractivity contribution is 0.666. The number of rotatable bonds is 10. The third kappa shape index (κ3) is 9.09. The van der Waals surface area contributed by atoms with Crippen LogP contribution in [0.25, 0.3) is 0 Å². The van der Waals surface area contributed by atoms with Gasteiger partial charge >= 0.3 is 0 Å². The maximum Gasteiger partial charge on any atom is 0.205 e. The predicted octanol–water partition coefficient (Wildman–Crippen LogP) is 1.53. The van der Waals surface area contributed by atoms with Gasteiger partial charge in [0.2, 0.25) is 5.96 Å². The lowest BCUT2D eigenvalue weighted by atomic mass is 10.4. The molecule has 0 radical (unpaired) electrons. The van der Waals surface area contributed by atoms with Gasteiger partial charge in [0.1, 0.15) is 5.01 Å². The number of hydrogen-bond acceptors (Lipinski definition) is 6. The standard InChI is InChI=1S/C15H22N6S2/c1-3-5-17-9-13-10-23-14(21-13)11-22-8-7-19-15(20-12-16)18-6-4-2/h2,10,17H,3,5-9,11H2,1H3,(H2,18,19,20). The molecule has 0 amide bonds. The van der Waals surface area contributed by atoms with E-state index in [-0.39, 0.29) is 0 Å². The molecule has 0 aliphatic heterocycles. The van der Waals surface area contributed by atoms with E-state index in [0.29, 0.717) is 19.0 Å². The minimum absolute atomic E-state index is 0.342. The van der Waals surface area contributed by atoms with Crippen molar-refractivity contribution in [2.24, 2.45) is 4.99 Å². The quantitative estimate of drug-likeness (QED) is 0.148. The van der Waals surface area contributed by atoms with Crippen LogP contribution in [0.2, 0.25) is 0 Å². The van der Waals surface area contributed by atoms with Gasteiger partial charge in [0.05, 0.1) is 18.8 Å². The lowest BCUT2D eigenvalue weighted by Crippen LogP contribution is -2.34. The van der Waals surface area contributed by atoms with Gasteiger partial charge in [0.15, 0.2) is 6.19 Å². The molecule has 0 aliphatic rings. The monoisotopic (exact) mass is 350 g/mol.